The third-order valence-corrected chi connectivity index (χ3v) is 6.54. The molecule has 1 saturated heterocycles. The van der Waals surface area contributed by atoms with Gasteiger partial charge in [-0.1, -0.05) is 6.07 Å². The fraction of sp³-hybridized carbons (Fsp3) is 0.500. The molecule has 0 unspecified atom stereocenters. The number of pyridine rings is 1. The number of hydrogen-bond acceptors (Lipinski definition) is 5. The van der Waals surface area contributed by atoms with Crippen molar-refractivity contribution in [2.45, 2.75) is 71.0 Å². The van der Waals surface area contributed by atoms with Gasteiger partial charge in [-0.05, 0) is 69.7 Å². The smallest absolute Gasteiger partial charge is 0.220 e. The maximum absolute atomic E-state index is 12.2. The summed E-state index contributed by atoms with van der Waals surface area (Å²) in [7, 11) is 0. The van der Waals surface area contributed by atoms with E-state index in [2.05, 4.69) is 34.3 Å². The molecule has 4 heterocycles. The molecule has 2 aliphatic rings. The van der Waals surface area contributed by atoms with Crippen LogP contribution in [-0.4, -0.2) is 43.0 Å². The molecular weight excluding hydrogens is 388 g/mol. The minimum atomic E-state index is 0.138. The molecule has 7 nitrogen and oxygen atoms in total. The van der Waals surface area contributed by atoms with Crippen LogP contribution in [0.1, 0.15) is 66.4 Å². The second kappa shape index (κ2) is 8.38. The van der Waals surface area contributed by atoms with E-state index >= 15 is 0 Å². The minimum absolute atomic E-state index is 0.138. The summed E-state index contributed by atoms with van der Waals surface area (Å²) in [5, 5.41) is 8.04. The molecule has 0 bridgehead atoms. The topological polar surface area (TPSA) is 75.4 Å². The van der Waals surface area contributed by atoms with Gasteiger partial charge in [-0.3, -0.25) is 14.7 Å². The molecule has 0 radical (unpaired) electrons. The summed E-state index contributed by atoms with van der Waals surface area (Å²) in [4.78, 5) is 23.7. The average molecular weight is 419 g/mol. The second-order valence-electron chi connectivity index (χ2n) is 8.93. The summed E-state index contributed by atoms with van der Waals surface area (Å²) in [6.45, 7) is 6.09. The molecule has 162 valence electrons. The molecule has 3 aromatic heterocycles. The molecule has 2 fully saturated rings. The Balaban J connectivity index is 1.36. The van der Waals surface area contributed by atoms with E-state index in [4.69, 9.17) is 10.1 Å². The summed E-state index contributed by atoms with van der Waals surface area (Å²) < 4.78 is 1.97. The molecular formula is C24H30N6O. The lowest BCUT2D eigenvalue weighted by Gasteiger charge is -2.22. The molecule has 0 spiro atoms. The van der Waals surface area contributed by atoms with E-state index in [0.29, 0.717) is 24.9 Å². The van der Waals surface area contributed by atoms with Crippen LogP contribution in [0.4, 0.5) is 0 Å². The van der Waals surface area contributed by atoms with Gasteiger partial charge in [-0.25, -0.2) is 9.50 Å². The SMILES string of the molecule is Cc1nc2cc([C@H]3CCCN3Cc3cccnc3)nn2c(C)c1CCC(=O)NC1CC1. The molecule has 7 heteroatoms. The van der Waals surface area contributed by atoms with Crippen LogP contribution in [0.25, 0.3) is 5.65 Å². The van der Waals surface area contributed by atoms with Crippen molar-refractivity contribution < 1.29 is 4.79 Å². The Labute approximate surface area is 182 Å². The normalized spacial score (nSPS) is 19.2. The zero-order valence-electron chi connectivity index (χ0n) is 18.3. The Bertz CT molecular complexity index is 1090. The predicted molar refractivity (Wildman–Crippen MR) is 119 cm³/mol. The van der Waals surface area contributed by atoms with Crippen molar-refractivity contribution in [3.63, 3.8) is 0 Å². The standard InChI is InChI=1S/C24H30N6O/c1-16-20(9-10-24(31)27-19-7-8-19)17(2)30-23(26-16)13-21(28-30)22-6-4-12-29(22)15-18-5-3-11-25-14-18/h3,5,11,13-14,19,22H,4,6-10,12,15H2,1-2H3,(H,27,31)/t22-/m1/s1. The molecule has 5 rings (SSSR count). The lowest BCUT2D eigenvalue weighted by atomic mass is 10.1. The first-order chi connectivity index (χ1) is 15.1. The zero-order chi connectivity index (χ0) is 21.4. The highest BCUT2D eigenvalue weighted by atomic mass is 16.1. The number of nitrogens with one attached hydrogen (secondary N) is 1. The summed E-state index contributed by atoms with van der Waals surface area (Å²) >= 11 is 0. The van der Waals surface area contributed by atoms with Crippen LogP contribution in [0.3, 0.4) is 0 Å². The van der Waals surface area contributed by atoms with E-state index in [0.717, 1.165) is 60.6 Å². The molecule has 31 heavy (non-hydrogen) atoms. The van der Waals surface area contributed by atoms with E-state index in [1.54, 1.807) is 0 Å². The van der Waals surface area contributed by atoms with Crippen molar-refractivity contribution in [2.24, 2.45) is 0 Å². The van der Waals surface area contributed by atoms with Gasteiger partial charge in [-0.15, -0.1) is 0 Å². The van der Waals surface area contributed by atoms with Crippen LogP contribution in [0.2, 0.25) is 0 Å². The predicted octanol–water partition coefficient (Wildman–Crippen LogP) is 3.29. The highest BCUT2D eigenvalue weighted by Gasteiger charge is 2.29. The van der Waals surface area contributed by atoms with Crippen LogP contribution in [-0.2, 0) is 17.8 Å². The first-order valence-electron chi connectivity index (χ1n) is 11.4. The van der Waals surface area contributed by atoms with E-state index in [1.165, 1.54) is 12.0 Å². The Morgan fingerprint density at radius 2 is 2.13 bits per heavy atom. The van der Waals surface area contributed by atoms with E-state index < -0.39 is 0 Å². The van der Waals surface area contributed by atoms with E-state index in [-0.39, 0.29) is 5.91 Å². The highest BCUT2D eigenvalue weighted by molar-refractivity contribution is 5.76. The average Bonchev–Trinajstić information content (AvgIpc) is 3.28. The Kier molecular flexibility index (Phi) is 5.44. The number of nitrogens with zero attached hydrogens (tertiary/aromatic N) is 5. The quantitative estimate of drug-likeness (QED) is 0.637. The van der Waals surface area contributed by atoms with Crippen LogP contribution < -0.4 is 5.32 Å². The second-order valence-corrected chi connectivity index (χ2v) is 8.93. The van der Waals surface area contributed by atoms with E-state index in [9.17, 15) is 4.79 Å². The summed E-state index contributed by atoms with van der Waals surface area (Å²) in [6, 6.07) is 6.97. The van der Waals surface area contributed by atoms with Crippen molar-refractivity contribution in [3.8, 4) is 0 Å². The van der Waals surface area contributed by atoms with Gasteiger partial charge in [-0.2, -0.15) is 5.10 Å². The van der Waals surface area contributed by atoms with Crippen molar-refractivity contribution in [1.29, 1.82) is 0 Å². The third kappa shape index (κ3) is 4.32. The lowest BCUT2D eigenvalue weighted by molar-refractivity contribution is -0.121. The fourth-order valence-electron chi connectivity index (χ4n) is 4.71. The number of rotatable bonds is 7. The first kappa shape index (κ1) is 20.1. The van der Waals surface area contributed by atoms with Gasteiger partial charge >= 0.3 is 0 Å². The van der Waals surface area contributed by atoms with Crippen molar-refractivity contribution in [3.05, 3.63) is 58.8 Å². The minimum Gasteiger partial charge on any atom is -0.353 e. The van der Waals surface area contributed by atoms with Gasteiger partial charge in [0.15, 0.2) is 5.65 Å². The summed E-state index contributed by atoms with van der Waals surface area (Å²) in [6.07, 6.45) is 9.48. The van der Waals surface area contributed by atoms with Gasteiger partial charge in [0.05, 0.1) is 11.7 Å². The lowest BCUT2D eigenvalue weighted by Crippen LogP contribution is -2.25. The number of aryl methyl sites for hydroxylation is 2. The number of amides is 1. The Morgan fingerprint density at radius 3 is 2.90 bits per heavy atom. The molecule has 1 aliphatic carbocycles. The Morgan fingerprint density at radius 1 is 1.26 bits per heavy atom. The largest absolute Gasteiger partial charge is 0.353 e. The van der Waals surface area contributed by atoms with Crippen LogP contribution in [0.15, 0.2) is 30.6 Å². The zero-order valence-corrected chi connectivity index (χ0v) is 18.3. The maximum atomic E-state index is 12.2. The van der Waals surface area contributed by atoms with Crippen LogP contribution in [0, 0.1) is 13.8 Å². The van der Waals surface area contributed by atoms with Crippen LogP contribution in [0.5, 0.6) is 0 Å². The third-order valence-electron chi connectivity index (χ3n) is 6.54. The van der Waals surface area contributed by atoms with Gasteiger partial charge in [0.2, 0.25) is 5.91 Å². The number of carbonyl (C=O) groups excluding carboxylic acids is 1. The molecule has 0 aromatic carbocycles. The summed E-state index contributed by atoms with van der Waals surface area (Å²) in [5.74, 6) is 0.138. The Hall–Kier alpha value is -2.80. The number of likely N-dealkylation sites (tertiary alicyclic amines) is 1. The first-order valence-corrected chi connectivity index (χ1v) is 11.4. The van der Waals surface area contributed by atoms with Crippen LogP contribution >= 0.6 is 0 Å². The molecule has 1 amide bonds. The van der Waals surface area contributed by atoms with Gasteiger partial charge in [0.25, 0.3) is 0 Å². The number of fused-ring (bicyclic) bond motifs is 1. The van der Waals surface area contributed by atoms with Gasteiger partial charge in [0.1, 0.15) is 0 Å². The van der Waals surface area contributed by atoms with Gasteiger partial charge in [0, 0.05) is 48.9 Å². The maximum Gasteiger partial charge on any atom is 0.220 e. The van der Waals surface area contributed by atoms with Crippen molar-refractivity contribution >= 4 is 11.6 Å². The molecule has 1 N–H and O–H groups in total. The summed E-state index contributed by atoms with van der Waals surface area (Å²) in [5.41, 5.74) is 6.42. The van der Waals surface area contributed by atoms with Crippen molar-refractivity contribution in [1.82, 2.24) is 29.8 Å². The molecule has 1 atom stereocenters. The number of hydrogen-bond donors (Lipinski definition) is 1. The number of carbonyl (C=O) groups is 1. The molecule has 3 aromatic rings. The van der Waals surface area contributed by atoms with E-state index in [1.807, 2.05) is 29.9 Å². The van der Waals surface area contributed by atoms with Gasteiger partial charge < -0.3 is 5.32 Å². The highest BCUT2D eigenvalue weighted by Crippen LogP contribution is 2.33. The number of aromatic nitrogens is 4. The molecule has 1 saturated carbocycles. The van der Waals surface area contributed by atoms with Crippen molar-refractivity contribution in [2.75, 3.05) is 6.54 Å². The fourth-order valence-corrected chi connectivity index (χ4v) is 4.71. The monoisotopic (exact) mass is 418 g/mol. The molecule has 1 aliphatic heterocycles.